The molecule has 1 N–H and O–H groups in total. The second kappa shape index (κ2) is 5.67. The molecule has 0 aromatic heterocycles. The first-order chi connectivity index (χ1) is 8.28. The number of aryl methyl sites for hydroxylation is 1. The van der Waals surface area contributed by atoms with Gasteiger partial charge in [-0.25, -0.2) is 4.79 Å². The quantitative estimate of drug-likeness (QED) is 0.644. The molecule has 4 nitrogen and oxygen atoms in total. The van der Waals surface area contributed by atoms with Crippen molar-refractivity contribution in [3.05, 3.63) is 35.4 Å². The van der Waals surface area contributed by atoms with Gasteiger partial charge in [0.15, 0.2) is 0 Å². The molecule has 1 aromatic carbocycles. The van der Waals surface area contributed by atoms with Gasteiger partial charge in [0.25, 0.3) is 0 Å². The molecule has 0 aliphatic carbocycles. The highest BCUT2D eigenvalue weighted by Gasteiger charge is 2.22. The van der Waals surface area contributed by atoms with Gasteiger partial charge in [-0.15, -0.1) is 0 Å². The average Bonchev–Trinajstić information content (AvgIpc) is 2.25. The summed E-state index contributed by atoms with van der Waals surface area (Å²) in [4.78, 5) is 22.9. The van der Waals surface area contributed by atoms with Crippen LogP contribution in [0.2, 0.25) is 0 Å². The fraction of sp³-hybridized carbons (Fsp3) is 0.429. The molecule has 0 saturated heterocycles. The lowest BCUT2D eigenvalue weighted by atomic mass is 10.1. The summed E-state index contributed by atoms with van der Waals surface area (Å²) in [6.07, 6.45) is 0. The molecule has 98 valence electrons. The van der Waals surface area contributed by atoms with Crippen LogP contribution in [0.4, 0.5) is 0 Å². The van der Waals surface area contributed by atoms with Crippen molar-refractivity contribution in [2.24, 2.45) is 0 Å². The zero-order valence-corrected chi connectivity index (χ0v) is 11.2. The van der Waals surface area contributed by atoms with Crippen molar-refractivity contribution in [2.45, 2.75) is 39.8 Å². The van der Waals surface area contributed by atoms with Gasteiger partial charge in [0.1, 0.15) is 5.60 Å². The summed E-state index contributed by atoms with van der Waals surface area (Å²) >= 11 is 0. The molecule has 1 rings (SSSR count). The summed E-state index contributed by atoms with van der Waals surface area (Å²) in [6.45, 7) is 7.47. The van der Waals surface area contributed by atoms with Crippen LogP contribution in [0, 0.1) is 6.92 Å². The van der Waals surface area contributed by atoms with Gasteiger partial charge in [-0.2, -0.15) is 0 Å². The minimum atomic E-state index is -0.852. The van der Waals surface area contributed by atoms with Crippen LogP contribution < -0.4 is 5.32 Å². The highest BCUT2D eigenvalue weighted by Crippen LogP contribution is 2.07. The van der Waals surface area contributed by atoms with Crippen molar-refractivity contribution >= 4 is 11.9 Å². The number of rotatable bonds is 2. The van der Waals surface area contributed by atoms with E-state index >= 15 is 0 Å². The zero-order valence-electron chi connectivity index (χ0n) is 11.2. The van der Waals surface area contributed by atoms with Crippen LogP contribution in [0.25, 0.3) is 0 Å². The number of esters is 1. The van der Waals surface area contributed by atoms with Crippen molar-refractivity contribution in [1.82, 2.24) is 5.32 Å². The molecular formula is C14H19NO3. The first-order valence-corrected chi connectivity index (χ1v) is 5.84. The van der Waals surface area contributed by atoms with Crippen molar-refractivity contribution < 1.29 is 14.3 Å². The van der Waals surface area contributed by atoms with E-state index in [4.69, 9.17) is 4.74 Å². The predicted octanol–water partition coefficient (Wildman–Crippen LogP) is 1.95. The lowest BCUT2D eigenvalue weighted by molar-refractivity contribution is -0.163. The number of carbonyl (C=O) groups is 2. The van der Waals surface area contributed by atoms with Gasteiger partial charge >= 0.3 is 11.9 Å². The lowest BCUT2D eigenvalue weighted by Gasteiger charge is -2.18. The van der Waals surface area contributed by atoms with Crippen LogP contribution in [0.15, 0.2) is 24.3 Å². The maximum atomic E-state index is 11.5. The van der Waals surface area contributed by atoms with Crippen molar-refractivity contribution in [1.29, 1.82) is 0 Å². The summed E-state index contributed by atoms with van der Waals surface area (Å²) in [5.74, 6) is -1.57. The van der Waals surface area contributed by atoms with Gasteiger partial charge < -0.3 is 10.1 Å². The molecule has 0 radical (unpaired) electrons. The van der Waals surface area contributed by atoms with E-state index in [9.17, 15) is 9.59 Å². The first kappa shape index (κ1) is 14.2. The van der Waals surface area contributed by atoms with Crippen molar-refractivity contribution in [2.75, 3.05) is 0 Å². The highest BCUT2D eigenvalue weighted by molar-refractivity contribution is 6.32. The molecule has 1 aromatic rings. The maximum absolute atomic E-state index is 11.5. The van der Waals surface area contributed by atoms with E-state index in [1.165, 1.54) is 0 Å². The van der Waals surface area contributed by atoms with E-state index in [1.807, 2.05) is 31.2 Å². The molecule has 0 atom stereocenters. The Hall–Kier alpha value is -1.84. The highest BCUT2D eigenvalue weighted by atomic mass is 16.6. The Labute approximate surface area is 107 Å². The molecule has 0 heterocycles. The third-order valence-corrected chi connectivity index (χ3v) is 2.16. The molecule has 0 aliphatic heterocycles. The molecule has 0 fully saturated rings. The SMILES string of the molecule is Cc1ccc(CNC(=O)C(=O)OC(C)(C)C)cc1. The largest absolute Gasteiger partial charge is 0.453 e. The van der Waals surface area contributed by atoms with Crippen LogP contribution in [-0.4, -0.2) is 17.5 Å². The Bertz CT molecular complexity index is 429. The van der Waals surface area contributed by atoms with E-state index in [2.05, 4.69) is 5.32 Å². The number of benzene rings is 1. The summed E-state index contributed by atoms with van der Waals surface area (Å²) in [6, 6.07) is 7.72. The Morgan fingerprint density at radius 1 is 1.17 bits per heavy atom. The number of hydrogen-bond acceptors (Lipinski definition) is 3. The average molecular weight is 249 g/mol. The second-order valence-corrected chi connectivity index (χ2v) is 5.17. The molecule has 0 saturated carbocycles. The normalized spacial score (nSPS) is 10.9. The minimum absolute atomic E-state index is 0.318. The Morgan fingerprint density at radius 3 is 2.22 bits per heavy atom. The molecule has 1 amide bonds. The number of nitrogens with one attached hydrogen (secondary N) is 1. The van der Waals surface area contributed by atoms with E-state index < -0.39 is 17.5 Å². The summed E-state index contributed by atoms with van der Waals surface area (Å²) in [7, 11) is 0. The number of amides is 1. The van der Waals surface area contributed by atoms with Crippen LogP contribution >= 0.6 is 0 Å². The smallest absolute Gasteiger partial charge is 0.397 e. The summed E-state index contributed by atoms with van der Waals surface area (Å²) in [5, 5.41) is 2.53. The molecule has 18 heavy (non-hydrogen) atoms. The first-order valence-electron chi connectivity index (χ1n) is 5.84. The molecule has 0 spiro atoms. The number of hydrogen-bond donors (Lipinski definition) is 1. The van der Waals surface area contributed by atoms with Gasteiger partial charge in [-0.1, -0.05) is 29.8 Å². The topological polar surface area (TPSA) is 55.4 Å². The van der Waals surface area contributed by atoms with Gasteiger partial charge in [0.2, 0.25) is 0 Å². The minimum Gasteiger partial charge on any atom is -0.453 e. The third kappa shape index (κ3) is 4.99. The van der Waals surface area contributed by atoms with Crippen LogP contribution in [0.3, 0.4) is 0 Å². The third-order valence-electron chi connectivity index (χ3n) is 2.16. The van der Waals surface area contributed by atoms with E-state index in [1.54, 1.807) is 20.8 Å². The molecule has 0 bridgehead atoms. The second-order valence-electron chi connectivity index (χ2n) is 5.17. The summed E-state index contributed by atoms with van der Waals surface area (Å²) < 4.78 is 4.96. The van der Waals surface area contributed by atoms with Gasteiger partial charge in [0, 0.05) is 6.54 Å². The van der Waals surface area contributed by atoms with Gasteiger partial charge in [0.05, 0.1) is 0 Å². The number of carbonyl (C=O) groups excluding carboxylic acids is 2. The van der Waals surface area contributed by atoms with Crippen LogP contribution in [-0.2, 0) is 20.9 Å². The Balaban J connectivity index is 2.46. The Kier molecular flexibility index (Phi) is 4.48. The predicted molar refractivity (Wildman–Crippen MR) is 68.9 cm³/mol. The molecule has 0 unspecified atom stereocenters. The fourth-order valence-corrected chi connectivity index (χ4v) is 1.28. The van der Waals surface area contributed by atoms with Crippen LogP contribution in [0.1, 0.15) is 31.9 Å². The van der Waals surface area contributed by atoms with Crippen LogP contribution in [0.5, 0.6) is 0 Å². The standard InChI is InChI=1S/C14H19NO3/c1-10-5-7-11(8-6-10)9-15-12(16)13(17)18-14(2,3)4/h5-8H,9H2,1-4H3,(H,15,16). The van der Waals surface area contributed by atoms with E-state index in [0.29, 0.717) is 6.54 Å². The molecule has 4 heteroatoms. The van der Waals surface area contributed by atoms with E-state index in [-0.39, 0.29) is 0 Å². The molecule has 0 aliphatic rings. The monoisotopic (exact) mass is 249 g/mol. The maximum Gasteiger partial charge on any atom is 0.397 e. The van der Waals surface area contributed by atoms with Crippen molar-refractivity contribution in [3.63, 3.8) is 0 Å². The molecular weight excluding hydrogens is 230 g/mol. The van der Waals surface area contributed by atoms with Gasteiger partial charge in [-0.3, -0.25) is 4.79 Å². The summed E-state index contributed by atoms with van der Waals surface area (Å²) in [5.41, 5.74) is 1.44. The lowest BCUT2D eigenvalue weighted by Crippen LogP contribution is -2.36. The Morgan fingerprint density at radius 2 is 1.72 bits per heavy atom. The zero-order chi connectivity index (χ0) is 13.8. The fourth-order valence-electron chi connectivity index (χ4n) is 1.28. The number of ether oxygens (including phenoxy) is 1. The van der Waals surface area contributed by atoms with E-state index in [0.717, 1.165) is 11.1 Å². The van der Waals surface area contributed by atoms with Crippen molar-refractivity contribution in [3.8, 4) is 0 Å². The van der Waals surface area contributed by atoms with Gasteiger partial charge in [-0.05, 0) is 33.3 Å².